The zero-order chi connectivity index (χ0) is 25.5. The van der Waals surface area contributed by atoms with Crippen molar-refractivity contribution in [2.24, 2.45) is 0 Å². The van der Waals surface area contributed by atoms with Gasteiger partial charge in [0.2, 0.25) is 5.91 Å². The summed E-state index contributed by atoms with van der Waals surface area (Å²) in [4.78, 5) is 39.1. The van der Waals surface area contributed by atoms with Gasteiger partial charge in [0.05, 0.1) is 32.2 Å². The first-order chi connectivity index (χ1) is 16.5. The van der Waals surface area contributed by atoms with Gasteiger partial charge in [0.15, 0.2) is 0 Å². The average molecular weight is 574 g/mol. The molecule has 0 fully saturated rings. The summed E-state index contributed by atoms with van der Waals surface area (Å²) in [6.45, 7) is 0. The zero-order valence-corrected chi connectivity index (χ0v) is 21.6. The number of thiophene rings is 1. The minimum atomic E-state index is -4.12. The van der Waals surface area contributed by atoms with Crippen LogP contribution in [0, 0.1) is 0 Å². The Labute approximate surface area is 219 Å². The highest BCUT2D eigenvalue weighted by atomic mass is 35.5. The fourth-order valence-electron chi connectivity index (χ4n) is 3.41. The van der Waals surface area contributed by atoms with Gasteiger partial charge in [-0.05, 0) is 48.0 Å². The highest BCUT2D eigenvalue weighted by molar-refractivity contribution is 7.92. The van der Waals surface area contributed by atoms with Crippen LogP contribution in [-0.2, 0) is 21.2 Å². The van der Waals surface area contributed by atoms with Gasteiger partial charge in [0, 0.05) is 18.3 Å². The molecule has 1 aliphatic heterocycles. The van der Waals surface area contributed by atoms with Crippen molar-refractivity contribution in [1.82, 2.24) is 4.72 Å². The maximum Gasteiger partial charge on any atom is 0.333 e. The van der Waals surface area contributed by atoms with E-state index in [1.165, 1.54) is 36.4 Å². The fraction of sp³-hybridized carbons (Fsp3) is 0.0952. The number of carbonyl (C=O) groups excluding carboxylic acids is 3. The first-order valence-electron chi connectivity index (χ1n) is 9.76. The van der Waals surface area contributed by atoms with Crippen LogP contribution in [0.4, 0.5) is 21.9 Å². The number of benzene rings is 2. The minimum absolute atomic E-state index is 0.0150. The number of rotatable bonds is 5. The smallest absolute Gasteiger partial charge is 0.333 e. The van der Waals surface area contributed by atoms with Crippen LogP contribution in [0.3, 0.4) is 0 Å². The largest absolute Gasteiger partial charge is 0.387 e. The van der Waals surface area contributed by atoms with Crippen molar-refractivity contribution in [1.29, 1.82) is 0 Å². The average Bonchev–Trinajstić information content (AvgIpc) is 3.22. The molecule has 2 aromatic carbocycles. The van der Waals surface area contributed by atoms with Crippen LogP contribution in [0.1, 0.15) is 15.9 Å². The fourth-order valence-corrected chi connectivity index (χ4v) is 6.32. The predicted octanol–water partition coefficient (Wildman–Crippen LogP) is 4.99. The van der Waals surface area contributed by atoms with Gasteiger partial charge in [0.1, 0.15) is 4.21 Å². The van der Waals surface area contributed by atoms with Crippen LogP contribution in [-0.4, -0.2) is 33.3 Å². The summed E-state index contributed by atoms with van der Waals surface area (Å²) in [5.74, 6) is -1.09. The molecule has 3 N–H and O–H groups in total. The quantitative estimate of drug-likeness (QED) is 0.369. The molecule has 0 aliphatic carbocycles. The Bertz CT molecular complexity index is 1490. The molecule has 182 valence electrons. The number of hydrogen-bond donors (Lipinski definition) is 3. The van der Waals surface area contributed by atoms with Crippen LogP contribution in [0.25, 0.3) is 0 Å². The Kier molecular flexibility index (Phi) is 6.98. The van der Waals surface area contributed by atoms with Crippen molar-refractivity contribution in [2.75, 3.05) is 22.6 Å². The van der Waals surface area contributed by atoms with Gasteiger partial charge in [-0.25, -0.2) is 22.8 Å². The van der Waals surface area contributed by atoms with Gasteiger partial charge in [-0.2, -0.15) is 0 Å². The Morgan fingerprint density at radius 3 is 2.40 bits per heavy atom. The monoisotopic (exact) mass is 572 g/mol. The molecule has 14 heteroatoms. The molecule has 9 nitrogen and oxygen atoms in total. The highest BCUT2D eigenvalue weighted by Crippen LogP contribution is 2.35. The number of nitrogens with one attached hydrogen (secondary N) is 3. The first kappa shape index (κ1) is 25.3. The van der Waals surface area contributed by atoms with Crippen LogP contribution >= 0.6 is 46.1 Å². The molecule has 0 atom stereocenters. The van der Waals surface area contributed by atoms with Crippen LogP contribution in [0.2, 0.25) is 14.4 Å². The third-order valence-corrected chi connectivity index (χ3v) is 8.64. The lowest BCUT2D eigenvalue weighted by Gasteiger charge is -2.28. The molecule has 1 aliphatic rings. The lowest BCUT2D eigenvalue weighted by Crippen LogP contribution is -2.42. The van der Waals surface area contributed by atoms with Gasteiger partial charge in [-0.15, -0.1) is 11.3 Å². The van der Waals surface area contributed by atoms with E-state index in [0.29, 0.717) is 16.3 Å². The van der Waals surface area contributed by atoms with Crippen molar-refractivity contribution < 1.29 is 22.8 Å². The van der Waals surface area contributed by atoms with Crippen molar-refractivity contribution in [3.8, 4) is 0 Å². The number of anilines is 3. The van der Waals surface area contributed by atoms with E-state index in [-0.39, 0.29) is 36.9 Å². The van der Waals surface area contributed by atoms with E-state index in [4.69, 9.17) is 34.8 Å². The van der Waals surface area contributed by atoms with Crippen LogP contribution < -0.4 is 20.3 Å². The molecule has 0 bridgehead atoms. The maximum absolute atomic E-state index is 13.1. The molecule has 0 saturated heterocycles. The van der Waals surface area contributed by atoms with Gasteiger partial charge < -0.3 is 10.6 Å². The van der Waals surface area contributed by atoms with E-state index >= 15 is 0 Å². The van der Waals surface area contributed by atoms with Crippen LogP contribution in [0.5, 0.6) is 0 Å². The molecular formula is C21H15Cl3N4O5S2. The molecule has 2 heterocycles. The molecule has 35 heavy (non-hydrogen) atoms. The van der Waals surface area contributed by atoms with E-state index in [1.54, 1.807) is 13.1 Å². The molecule has 0 unspecified atom stereocenters. The summed E-state index contributed by atoms with van der Waals surface area (Å²) >= 11 is 19.1. The number of imide groups is 1. The number of fused-ring (bicyclic) bond motifs is 1. The first-order valence-corrected chi connectivity index (χ1v) is 13.2. The van der Waals surface area contributed by atoms with Gasteiger partial charge in [-0.1, -0.05) is 34.8 Å². The van der Waals surface area contributed by atoms with Gasteiger partial charge in [-0.3, -0.25) is 9.59 Å². The van der Waals surface area contributed by atoms with Crippen molar-refractivity contribution in [3.63, 3.8) is 0 Å². The summed E-state index contributed by atoms with van der Waals surface area (Å²) in [7, 11) is -2.44. The Morgan fingerprint density at radius 2 is 1.77 bits per heavy atom. The number of urea groups is 1. The lowest BCUT2D eigenvalue weighted by atomic mass is 9.97. The number of amides is 4. The van der Waals surface area contributed by atoms with Gasteiger partial charge in [0.25, 0.3) is 15.9 Å². The van der Waals surface area contributed by atoms with E-state index in [1.807, 2.05) is 4.72 Å². The van der Waals surface area contributed by atoms with E-state index < -0.39 is 27.9 Å². The second-order valence-electron chi connectivity index (χ2n) is 7.23. The number of halogens is 3. The third-order valence-electron chi connectivity index (χ3n) is 4.97. The number of sulfonamides is 1. The second kappa shape index (κ2) is 9.67. The second-order valence-corrected chi connectivity index (χ2v) is 11.7. The Hall–Kier alpha value is -2.83. The summed E-state index contributed by atoms with van der Waals surface area (Å²) in [6.07, 6.45) is -0.0454. The van der Waals surface area contributed by atoms with E-state index in [0.717, 1.165) is 16.2 Å². The molecular weight excluding hydrogens is 559 g/mol. The molecule has 4 amide bonds. The highest BCUT2D eigenvalue weighted by Gasteiger charge is 2.34. The molecule has 4 rings (SSSR count). The third kappa shape index (κ3) is 5.09. The van der Waals surface area contributed by atoms with E-state index in [2.05, 4.69) is 10.6 Å². The standard InChI is InChI=1S/C21H15Cl3N4O5S2/c1-25-15-6-10-7-18(29)28(20(30)12(10)9-13(15)22)16-3-2-11(8-14(16)23)26-21(31)27-35(32,33)19-5-4-17(24)34-19/h2-6,8-9,25H,7H2,1H3,(H2,26,27,31). The van der Waals surface area contributed by atoms with Gasteiger partial charge >= 0.3 is 6.03 Å². The summed E-state index contributed by atoms with van der Waals surface area (Å²) < 4.78 is 26.5. The number of nitrogens with zero attached hydrogens (tertiary/aromatic N) is 1. The normalized spacial score (nSPS) is 13.4. The summed E-state index contributed by atoms with van der Waals surface area (Å²) in [5, 5.41) is 5.56. The molecule has 0 radical (unpaired) electrons. The number of carbonyl (C=O) groups is 3. The molecule has 1 aromatic heterocycles. The summed E-state index contributed by atoms with van der Waals surface area (Å²) in [5.41, 5.74) is 1.63. The van der Waals surface area contributed by atoms with Crippen molar-refractivity contribution in [3.05, 3.63) is 68.0 Å². The van der Waals surface area contributed by atoms with Crippen LogP contribution in [0.15, 0.2) is 46.7 Å². The SMILES string of the molecule is CNc1cc2c(cc1Cl)C(=O)N(c1ccc(NC(=O)NS(=O)(=O)c3ccc(Cl)s3)cc1Cl)C(=O)C2. The van der Waals surface area contributed by atoms with Crippen molar-refractivity contribution in [2.45, 2.75) is 10.6 Å². The maximum atomic E-state index is 13.1. The minimum Gasteiger partial charge on any atom is -0.387 e. The Balaban J connectivity index is 1.54. The zero-order valence-electron chi connectivity index (χ0n) is 17.7. The predicted molar refractivity (Wildman–Crippen MR) is 137 cm³/mol. The molecule has 0 spiro atoms. The molecule has 0 saturated carbocycles. The summed E-state index contributed by atoms with van der Waals surface area (Å²) in [6, 6.07) is 8.80. The number of hydrogen-bond acceptors (Lipinski definition) is 7. The van der Waals surface area contributed by atoms with E-state index in [9.17, 15) is 22.8 Å². The topological polar surface area (TPSA) is 125 Å². The van der Waals surface area contributed by atoms with Crippen molar-refractivity contribution >= 4 is 91.1 Å². The molecule has 3 aromatic rings. The Morgan fingerprint density at radius 1 is 1.03 bits per heavy atom. The lowest BCUT2D eigenvalue weighted by molar-refractivity contribution is -0.117.